The van der Waals surface area contributed by atoms with Gasteiger partial charge in [-0.05, 0) is 49.7 Å². The number of amides is 3. The monoisotopic (exact) mass is 1000 g/mol. The number of carbonyl (C=O) groups is 5. The second-order valence-electron chi connectivity index (χ2n) is 21.5. The van der Waals surface area contributed by atoms with E-state index in [0.717, 1.165) is 79.8 Å². The smallest absolute Gasteiger partial charge is 0.328 e. The number of benzene rings is 2. The molecule has 408 valence electrons. The van der Waals surface area contributed by atoms with Gasteiger partial charge in [-0.1, -0.05) is 222 Å². The number of nitrogens with one attached hydrogen (secondary N) is 3. The molecule has 0 saturated heterocycles. The van der Waals surface area contributed by atoms with E-state index in [9.17, 15) is 24.0 Å². The molecule has 0 bridgehead atoms. The third-order valence-electron chi connectivity index (χ3n) is 13.6. The van der Waals surface area contributed by atoms with Crippen molar-refractivity contribution >= 4 is 29.7 Å². The normalized spacial score (nSPS) is 12.7. The van der Waals surface area contributed by atoms with Crippen molar-refractivity contribution in [3.05, 3.63) is 71.8 Å². The summed E-state index contributed by atoms with van der Waals surface area (Å²) in [4.78, 5) is 68.9. The molecule has 0 heterocycles. The molecule has 0 fully saturated rings. The Labute approximate surface area is 438 Å². The molecule has 0 aliphatic rings. The van der Waals surface area contributed by atoms with E-state index in [1.807, 2.05) is 60.7 Å². The first-order chi connectivity index (χ1) is 34.9. The molecule has 0 spiro atoms. The molecule has 0 aliphatic carbocycles. The van der Waals surface area contributed by atoms with Gasteiger partial charge in [0.15, 0.2) is 0 Å². The number of hydrogen-bond donors (Lipinski definition) is 3. The van der Waals surface area contributed by atoms with Crippen LogP contribution in [0.5, 0.6) is 0 Å². The molecule has 3 atom stereocenters. The molecule has 0 aromatic heterocycles. The van der Waals surface area contributed by atoms with Crippen LogP contribution in [0.15, 0.2) is 60.7 Å². The Bertz CT molecular complexity index is 1680. The van der Waals surface area contributed by atoms with Gasteiger partial charge in [-0.2, -0.15) is 0 Å². The molecule has 3 unspecified atom stereocenters. The fourth-order valence-electron chi connectivity index (χ4n) is 9.08. The van der Waals surface area contributed by atoms with Crippen molar-refractivity contribution in [2.75, 3.05) is 40.9 Å². The highest BCUT2D eigenvalue weighted by Crippen LogP contribution is 2.15. The number of esters is 2. The first kappa shape index (κ1) is 63.9. The zero-order chi connectivity index (χ0) is 52.3. The first-order valence-corrected chi connectivity index (χ1v) is 29.0. The fraction of sp³-hybridized carbons (Fsp3) is 0.721. The maximum Gasteiger partial charge on any atom is 0.328 e. The van der Waals surface area contributed by atoms with Gasteiger partial charge in [-0.3, -0.25) is 19.2 Å². The Hall–Kier alpha value is -4.25. The highest BCUT2D eigenvalue weighted by Gasteiger charge is 2.31. The number of carbonyl (C=O) groups excluding carboxylic acids is 5. The van der Waals surface area contributed by atoms with Crippen molar-refractivity contribution in [3.63, 3.8) is 0 Å². The predicted molar refractivity (Wildman–Crippen MR) is 295 cm³/mol. The number of ether oxygens (including phenoxy) is 2. The van der Waals surface area contributed by atoms with Crippen LogP contribution in [0.25, 0.3) is 0 Å². The molecular weight excluding hydrogens is 901 g/mol. The van der Waals surface area contributed by atoms with E-state index >= 15 is 0 Å². The minimum Gasteiger partial charge on any atom is -0.466 e. The van der Waals surface area contributed by atoms with Gasteiger partial charge < -0.3 is 29.9 Å². The number of unbranched alkanes of at least 4 members (excludes halogenated alkanes) is 25. The lowest BCUT2D eigenvalue weighted by molar-refractivity contribution is -0.870. The third-order valence-corrected chi connectivity index (χ3v) is 13.6. The number of rotatable bonds is 46. The summed E-state index contributed by atoms with van der Waals surface area (Å²) in [6.45, 7) is 6.19. The molecule has 0 aliphatic heterocycles. The van der Waals surface area contributed by atoms with Crippen LogP contribution in [-0.4, -0.2) is 93.2 Å². The molecule has 0 radical (unpaired) electrons. The molecule has 2 aromatic rings. The summed E-state index contributed by atoms with van der Waals surface area (Å²) in [5.74, 6) is -2.33. The summed E-state index contributed by atoms with van der Waals surface area (Å²) in [6.07, 6.45) is 32.7. The van der Waals surface area contributed by atoms with Crippen molar-refractivity contribution in [1.29, 1.82) is 0 Å². The van der Waals surface area contributed by atoms with Crippen molar-refractivity contribution in [3.8, 4) is 0 Å². The van der Waals surface area contributed by atoms with E-state index in [1.54, 1.807) is 0 Å². The van der Waals surface area contributed by atoms with E-state index in [1.165, 1.54) is 116 Å². The number of quaternary nitrogens is 1. The lowest BCUT2D eigenvalue weighted by atomic mass is 10.0. The Morgan fingerprint density at radius 1 is 0.431 bits per heavy atom. The predicted octanol–water partition coefficient (Wildman–Crippen LogP) is 12.9. The summed E-state index contributed by atoms with van der Waals surface area (Å²) in [5, 5.41) is 8.82. The highest BCUT2D eigenvalue weighted by atomic mass is 16.5. The van der Waals surface area contributed by atoms with Gasteiger partial charge in [0.1, 0.15) is 18.1 Å². The summed E-state index contributed by atoms with van der Waals surface area (Å²) in [6, 6.07) is 15.7. The molecule has 2 aromatic carbocycles. The Balaban J connectivity index is 2.09. The topological polar surface area (TPSA) is 140 Å². The van der Waals surface area contributed by atoms with Crippen LogP contribution in [0.1, 0.15) is 224 Å². The van der Waals surface area contributed by atoms with E-state index in [2.05, 4.69) is 50.9 Å². The lowest BCUT2D eigenvalue weighted by Gasteiger charge is -2.25. The van der Waals surface area contributed by atoms with Crippen LogP contribution in [0, 0.1) is 0 Å². The van der Waals surface area contributed by atoms with Gasteiger partial charge in [0.05, 0.1) is 40.9 Å². The maximum atomic E-state index is 14.4. The third kappa shape index (κ3) is 35.0. The average molecular weight is 1000 g/mol. The molecule has 0 saturated carbocycles. The van der Waals surface area contributed by atoms with Gasteiger partial charge in [0, 0.05) is 25.7 Å². The van der Waals surface area contributed by atoms with E-state index in [0.29, 0.717) is 19.4 Å². The average Bonchev–Trinajstić information content (AvgIpc) is 3.36. The lowest BCUT2D eigenvalue weighted by Crippen LogP contribution is -2.57. The Kier molecular flexibility index (Phi) is 37.4. The zero-order valence-electron chi connectivity index (χ0n) is 46.3. The minimum absolute atomic E-state index is 0.00492. The second-order valence-corrected chi connectivity index (χ2v) is 21.5. The van der Waals surface area contributed by atoms with Crippen LogP contribution in [0.2, 0.25) is 0 Å². The van der Waals surface area contributed by atoms with E-state index in [4.69, 9.17) is 9.47 Å². The molecule has 72 heavy (non-hydrogen) atoms. The molecule has 3 N–H and O–H groups in total. The number of nitrogens with zero attached hydrogens (tertiary/aromatic N) is 1. The van der Waals surface area contributed by atoms with Crippen LogP contribution < -0.4 is 16.0 Å². The molecule has 11 heteroatoms. The Morgan fingerprint density at radius 2 is 0.806 bits per heavy atom. The SMILES string of the molecule is CCCCCCCCCCCCOC(=O)CCC(NC(=O)C(Cc1ccccc1)NC(=O)C(Cc1ccccc1)NC(=O)CCCCCCCCCC[N+](C)(C)C)C(=O)OCCCCCCCCCCCC. The van der Waals surface area contributed by atoms with Gasteiger partial charge >= 0.3 is 11.9 Å². The van der Waals surface area contributed by atoms with E-state index < -0.39 is 41.9 Å². The van der Waals surface area contributed by atoms with Crippen molar-refractivity contribution in [2.24, 2.45) is 0 Å². The molecule has 11 nitrogen and oxygen atoms in total. The highest BCUT2D eigenvalue weighted by molar-refractivity contribution is 5.94. The second kappa shape index (κ2) is 42.1. The van der Waals surface area contributed by atoms with Gasteiger partial charge in [0.2, 0.25) is 17.7 Å². The number of hydrogen-bond acceptors (Lipinski definition) is 7. The van der Waals surface area contributed by atoms with Crippen molar-refractivity contribution in [1.82, 2.24) is 16.0 Å². The van der Waals surface area contributed by atoms with Crippen LogP contribution in [-0.2, 0) is 46.3 Å². The fourth-order valence-corrected chi connectivity index (χ4v) is 9.08. The summed E-state index contributed by atoms with van der Waals surface area (Å²) in [7, 11) is 6.69. The van der Waals surface area contributed by atoms with E-state index in [-0.39, 0.29) is 38.2 Å². The molecule has 2 rings (SSSR count). The summed E-state index contributed by atoms with van der Waals surface area (Å²) >= 11 is 0. The first-order valence-electron chi connectivity index (χ1n) is 29.0. The Morgan fingerprint density at radius 3 is 1.25 bits per heavy atom. The van der Waals surface area contributed by atoms with Gasteiger partial charge in [-0.15, -0.1) is 0 Å². The quantitative estimate of drug-likeness (QED) is 0.0341. The molecular formula is C61H103N4O7+. The molecule has 3 amide bonds. The van der Waals surface area contributed by atoms with Crippen LogP contribution >= 0.6 is 0 Å². The summed E-state index contributed by atoms with van der Waals surface area (Å²) in [5.41, 5.74) is 1.68. The zero-order valence-corrected chi connectivity index (χ0v) is 46.3. The largest absolute Gasteiger partial charge is 0.466 e. The van der Waals surface area contributed by atoms with Crippen LogP contribution in [0.3, 0.4) is 0 Å². The summed E-state index contributed by atoms with van der Waals surface area (Å²) < 4.78 is 12.3. The standard InChI is InChI=1S/C61H102N4O7/c1-6-8-10-12-14-16-20-24-28-38-48-71-58(67)46-45-54(61(70)72-49-39-29-25-21-17-15-13-11-9-7-2)63-60(69)56(51-53-42-34-31-35-43-53)64-59(68)55(50-52-40-32-30-33-41-52)62-57(66)44-36-26-22-18-19-23-27-37-47-65(3,4)5/h30-35,40-43,54-56H,6-29,36-39,44-51H2,1-5H3,(H2-,62,63,64,66,68,69)/p+1. The van der Waals surface area contributed by atoms with Gasteiger partial charge in [0.25, 0.3) is 0 Å². The minimum atomic E-state index is -1.13. The van der Waals surface area contributed by atoms with Crippen LogP contribution in [0.4, 0.5) is 0 Å². The van der Waals surface area contributed by atoms with Crippen molar-refractivity contribution < 1.29 is 37.9 Å². The maximum absolute atomic E-state index is 14.4. The van der Waals surface area contributed by atoms with Gasteiger partial charge in [-0.25, -0.2) is 4.79 Å². The van der Waals surface area contributed by atoms with Crippen molar-refractivity contribution in [2.45, 2.75) is 244 Å².